The van der Waals surface area contributed by atoms with Crippen LogP contribution in [0.5, 0.6) is 11.5 Å². The average Bonchev–Trinajstić information content (AvgIpc) is 2.89. The summed E-state index contributed by atoms with van der Waals surface area (Å²) in [5, 5.41) is 0. The van der Waals surface area contributed by atoms with Crippen molar-refractivity contribution in [2.75, 3.05) is 13.3 Å². The molecule has 0 amide bonds. The molecule has 1 fully saturated rings. The van der Waals surface area contributed by atoms with E-state index in [0.717, 1.165) is 29.9 Å². The zero-order chi connectivity index (χ0) is 13.2. The maximum Gasteiger partial charge on any atom is 0.231 e. The second kappa shape index (κ2) is 5.41. The lowest BCUT2D eigenvalue weighted by Gasteiger charge is -2.32. The van der Waals surface area contributed by atoms with E-state index in [0.29, 0.717) is 12.7 Å². The summed E-state index contributed by atoms with van der Waals surface area (Å²) in [6.45, 7) is 3.42. The van der Waals surface area contributed by atoms with Crippen molar-refractivity contribution in [3.05, 3.63) is 23.8 Å². The Morgan fingerprint density at radius 3 is 2.63 bits per heavy atom. The molecule has 1 aromatic rings. The van der Waals surface area contributed by atoms with Gasteiger partial charge >= 0.3 is 0 Å². The van der Waals surface area contributed by atoms with Crippen LogP contribution in [0.3, 0.4) is 0 Å². The molecule has 0 saturated heterocycles. The summed E-state index contributed by atoms with van der Waals surface area (Å²) < 4.78 is 10.8. The van der Waals surface area contributed by atoms with Gasteiger partial charge in [0.05, 0.1) is 0 Å². The quantitative estimate of drug-likeness (QED) is 0.908. The summed E-state index contributed by atoms with van der Waals surface area (Å²) in [6.07, 6.45) is 5.28. The molecule has 1 aliphatic carbocycles. The van der Waals surface area contributed by atoms with Crippen molar-refractivity contribution in [2.24, 2.45) is 17.6 Å². The van der Waals surface area contributed by atoms with Crippen molar-refractivity contribution >= 4 is 0 Å². The molecule has 1 aromatic carbocycles. The van der Waals surface area contributed by atoms with Crippen LogP contribution in [0, 0.1) is 11.8 Å². The van der Waals surface area contributed by atoms with E-state index in [1.54, 1.807) is 0 Å². The summed E-state index contributed by atoms with van der Waals surface area (Å²) in [5.74, 6) is 3.80. The molecule has 0 radical (unpaired) electrons. The minimum absolute atomic E-state index is 0.340. The van der Waals surface area contributed by atoms with Gasteiger partial charge in [0.25, 0.3) is 0 Å². The van der Waals surface area contributed by atoms with E-state index >= 15 is 0 Å². The summed E-state index contributed by atoms with van der Waals surface area (Å²) in [6, 6.07) is 6.30. The second-order valence-corrected chi connectivity index (χ2v) is 5.97. The van der Waals surface area contributed by atoms with Gasteiger partial charge < -0.3 is 15.2 Å². The monoisotopic (exact) mass is 261 g/mol. The minimum Gasteiger partial charge on any atom is -0.454 e. The molecule has 2 aliphatic rings. The normalized spacial score (nSPS) is 27.3. The Balaban J connectivity index is 1.78. The lowest BCUT2D eigenvalue weighted by atomic mass is 9.74. The van der Waals surface area contributed by atoms with E-state index in [1.165, 1.54) is 31.2 Å². The van der Waals surface area contributed by atoms with Gasteiger partial charge in [-0.3, -0.25) is 0 Å². The summed E-state index contributed by atoms with van der Waals surface area (Å²) in [5.41, 5.74) is 7.35. The summed E-state index contributed by atoms with van der Waals surface area (Å²) >= 11 is 0. The van der Waals surface area contributed by atoms with Gasteiger partial charge in [-0.25, -0.2) is 0 Å². The highest BCUT2D eigenvalue weighted by Gasteiger charge is 2.27. The smallest absolute Gasteiger partial charge is 0.231 e. The minimum atomic E-state index is 0.340. The first-order chi connectivity index (χ1) is 9.28. The Morgan fingerprint density at radius 1 is 1.16 bits per heavy atom. The van der Waals surface area contributed by atoms with E-state index in [2.05, 4.69) is 19.1 Å². The average molecular weight is 261 g/mol. The number of rotatable bonds is 3. The third-order valence-electron chi connectivity index (χ3n) is 4.71. The molecular weight excluding hydrogens is 238 g/mol. The number of hydrogen-bond donors (Lipinski definition) is 1. The fourth-order valence-corrected chi connectivity index (χ4v) is 3.43. The molecule has 19 heavy (non-hydrogen) atoms. The molecule has 3 heteroatoms. The summed E-state index contributed by atoms with van der Waals surface area (Å²) in [7, 11) is 0. The van der Waals surface area contributed by atoms with Crippen LogP contribution < -0.4 is 15.2 Å². The van der Waals surface area contributed by atoms with E-state index in [9.17, 15) is 0 Å². The molecule has 1 heterocycles. The Labute approximate surface area is 115 Å². The highest BCUT2D eigenvalue weighted by Crippen LogP contribution is 2.41. The highest BCUT2D eigenvalue weighted by atomic mass is 16.7. The maximum atomic E-state index is 6.04. The van der Waals surface area contributed by atoms with Crippen LogP contribution in [-0.2, 0) is 0 Å². The van der Waals surface area contributed by atoms with E-state index in [1.807, 2.05) is 6.07 Å². The maximum absolute atomic E-state index is 6.04. The van der Waals surface area contributed by atoms with Crippen molar-refractivity contribution in [1.82, 2.24) is 0 Å². The largest absolute Gasteiger partial charge is 0.454 e. The molecule has 1 saturated carbocycles. The van der Waals surface area contributed by atoms with Gasteiger partial charge in [0, 0.05) is 0 Å². The zero-order valence-electron chi connectivity index (χ0n) is 11.6. The third kappa shape index (κ3) is 2.57. The zero-order valence-corrected chi connectivity index (χ0v) is 11.6. The van der Waals surface area contributed by atoms with Crippen molar-refractivity contribution in [1.29, 1.82) is 0 Å². The number of hydrogen-bond acceptors (Lipinski definition) is 3. The standard InChI is InChI=1S/C16H23NO2/c1-11-2-4-12(5-3-11)14(9-17)13-6-7-15-16(8-13)19-10-18-15/h6-8,11-12,14H,2-5,9-10,17H2,1H3. The predicted molar refractivity (Wildman–Crippen MR) is 75.5 cm³/mol. The highest BCUT2D eigenvalue weighted by molar-refractivity contribution is 5.45. The Hall–Kier alpha value is -1.22. The fraction of sp³-hybridized carbons (Fsp3) is 0.625. The predicted octanol–water partition coefficient (Wildman–Crippen LogP) is 3.28. The van der Waals surface area contributed by atoms with Gasteiger partial charge in [0.2, 0.25) is 6.79 Å². The van der Waals surface area contributed by atoms with Gasteiger partial charge in [0.1, 0.15) is 0 Å². The van der Waals surface area contributed by atoms with Gasteiger partial charge in [-0.15, -0.1) is 0 Å². The molecule has 1 unspecified atom stereocenters. The lowest BCUT2D eigenvalue weighted by molar-refractivity contribution is 0.174. The first-order valence-electron chi connectivity index (χ1n) is 7.37. The van der Waals surface area contributed by atoms with Crippen molar-refractivity contribution < 1.29 is 9.47 Å². The van der Waals surface area contributed by atoms with Crippen LogP contribution >= 0.6 is 0 Å². The molecule has 104 valence electrons. The Morgan fingerprint density at radius 2 is 1.89 bits per heavy atom. The second-order valence-electron chi connectivity index (χ2n) is 5.97. The fourth-order valence-electron chi connectivity index (χ4n) is 3.43. The van der Waals surface area contributed by atoms with Crippen LogP contribution in [0.15, 0.2) is 18.2 Å². The first-order valence-corrected chi connectivity index (χ1v) is 7.37. The van der Waals surface area contributed by atoms with E-state index in [-0.39, 0.29) is 0 Å². The van der Waals surface area contributed by atoms with Gasteiger partial charge in [0.15, 0.2) is 11.5 Å². The van der Waals surface area contributed by atoms with Crippen molar-refractivity contribution in [2.45, 2.75) is 38.5 Å². The van der Waals surface area contributed by atoms with Gasteiger partial charge in [-0.05, 0) is 54.8 Å². The van der Waals surface area contributed by atoms with Crippen LogP contribution in [0.2, 0.25) is 0 Å². The summed E-state index contributed by atoms with van der Waals surface area (Å²) in [4.78, 5) is 0. The molecular formula is C16H23NO2. The molecule has 0 aromatic heterocycles. The molecule has 0 bridgehead atoms. The molecule has 3 rings (SSSR count). The number of ether oxygens (including phenoxy) is 2. The third-order valence-corrected chi connectivity index (χ3v) is 4.71. The molecule has 1 aliphatic heterocycles. The van der Waals surface area contributed by atoms with Gasteiger partial charge in [-0.1, -0.05) is 25.8 Å². The topological polar surface area (TPSA) is 44.5 Å². The van der Waals surface area contributed by atoms with Crippen LogP contribution in [0.1, 0.15) is 44.1 Å². The van der Waals surface area contributed by atoms with Crippen LogP contribution in [0.4, 0.5) is 0 Å². The van der Waals surface area contributed by atoms with Crippen LogP contribution in [-0.4, -0.2) is 13.3 Å². The number of fused-ring (bicyclic) bond motifs is 1. The number of benzene rings is 1. The van der Waals surface area contributed by atoms with Crippen LogP contribution in [0.25, 0.3) is 0 Å². The van der Waals surface area contributed by atoms with Gasteiger partial charge in [-0.2, -0.15) is 0 Å². The number of nitrogens with two attached hydrogens (primary N) is 1. The lowest BCUT2D eigenvalue weighted by Crippen LogP contribution is -2.25. The van der Waals surface area contributed by atoms with Crippen molar-refractivity contribution in [3.63, 3.8) is 0 Å². The molecule has 3 nitrogen and oxygen atoms in total. The first kappa shape index (κ1) is 12.8. The Kier molecular flexibility index (Phi) is 3.65. The molecule has 0 spiro atoms. The van der Waals surface area contributed by atoms with Crippen molar-refractivity contribution in [3.8, 4) is 11.5 Å². The Bertz CT molecular complexity index is 438. The molecule has 2 N–H and O–H groups in total. The molecule has 1 atom stereocenters. The SMILES string of the molecule is CC1CCC(C(CN)c2ccc3c(c2)OCO3)CC1. The van der Waals surface area contributed by atoms with E-state index in [4.69, 9.17) is 15.2 Å². The van der Waals surface area contributed by atoms with E-state index < -0.39 is 0 Å².